The molecule has 7 nitrogen and oxygen atoms in total. The average Bonchev–Trinajstić information content (AvgIpc) is 3.00. The summed E-state index contributed by atoms with van der Waals surface area (Å²) in [4.78, 5) is 27.2. The third kappa shape index (κ3) is 4.17. The highest BCUT2D eigenvalue weighted by molar-refractivity contribution is 6.08. The van der Waals surface area contributed by atoms with Crippen molar-refractivity contribution in [2.45, 2.75) is 18.9 Å². The average molecular weight is 448 g/mol. The molecule has 0 atom stereocenters. The van der Waals surface area contributed by atoms with Crippen molar-refractivity contribution >= 4 is 11.7 Å². The van der Waals surface area contributed by atoms with Gasteiger partial charge in [-0.25, -0.2) is 0 Å². The molecule has 0 saturated carbocycles. The number of benzene rings is 2. The molecule has 0 spiro atoms. The summed E-state index contributed by atoms with van der Waals surface area (Å²) in [6.45, 7) is 4.40. The van der Waals surface area contributed by atoms with Crippen molar-refractivity contribution < 1.29 is 19.4 Å². The molecule has 1 fully saturated rings. The summed E-state index contributed by atoms with van der Waals surface area (Å²) >= 11 is 0. The number of aliphatic hydroxyl groups excluding tert-OH is 1. The number of carbonyl (C=O) groups is 2. The third-order valence-electron chi connectivity index (χ3n) is 6.38. The van der Waals surface area contributed by atoms with E-state index in [1.165, 1.54) is 11.1 Å². The number of carbonyl (C=O) groups excluding carboxylic acids is 2. The summed E-state index contributed by atoms with van der Waals surface area (Å²) in [5.74, 6) is -1.73. The van der Waals surface area contributed by atoms with E-state index in [2.05, 4.69) is 30.8 Å². The lowest BCUT2D eigenvalue weighted by atomic mass is 9.94. The van der Waals surface area contributed by atoms with Gasteiger partial charge in [-0.2, -0.15) is 5.01 Å². The minimum absolute atomic E-state index is 0.0681. The van der Waals surface area contributed by atoms with Crippen LogP contribution in [0.4, 0.5) is 0 Å². The van der Waals surface area contributed by atoms with Crippen LogP contribution in [0.3, 0.4) is 0 Å². The minimum Gasteiger partial charge on any atom is -0.503 e. The fourth-order valence-corrected chi connectivity index (χ4v) is 4.66. The highest BCUT2D eigenvalue weighted by Gasteiger charge is 2.41. The molecule has 1 N–H and O–H groups in total. The molecule has 0 aromatic heterocycles. The maximum absolute atomic E-state index is 13.3. The molecule has 33 heavy (non-hydrogen) atoms. The predicted octanol–water partition coefficient (Wildman–Crippen LogP) is 2.99. The van der Waals surface area contributed by atoms with Crippen molar-refractivity contribution in [2.75, 3.05) is 34.0 Å². The van der Waals surface area contributed by atoms with Crippen LogP contribution in [0.25, 0.3) is 0 Å². The van der Waals surface area contributed by atoms with Crippen LogP contribution in [-0.2, 0) is 27.2 Å². The second-order valence-electron chi connectivity index (χ2n) is 8.23. The van der Waals surface area contributed by atoms with Gasteiger partial charge < -0.3 is 14.7 Å². The molecule has 0 unspecified atom stereocenters. The number of hydrogen-bond acceptors (Lipinski definition) is 6. The van der Waals surface area contributed by atoms with Gasteiger partial charge in [0.25, 0.3) is 5.91 Å². The molecule has 0 bridgehead atoms. The lowest BCUT2D eigenvalue weighted by Crippen LogP contribution is -2.58. The summed E-state index contributed by atoms with van der Waals surface area (Å²) < 4.78 is 5.21. The molecule has 2 aromatic rings. The number of fused-ring (bicyclic) bond motifs is 2. The fourth-order valence-electron chi connectivity index (χ4n) is 4.66. The molecule has 2 aromatic carbocycles. The monoisotopic (exact) mass is 447 g/mol. The van der Waals surface area contributed by atoms with E-state index in [1.807, 2.05) is 29.3 Å². The fraction of sp³-hybridized carbons (Fsp3) is 0.308. The van der Waals surface area contributed by atoms with Crippen LogP contribution in [0, 0.1) is 0 Å². The van der Waals surface area contributed by atoms with Crippen LogP contribution >= 0.6 is 0 Å². The molecule has 1 heterocycles. The predicted molar refractivity (Wildman–Crippen MR) is 125 cm³/mol. The molecule has 7 heteroatoms. The first-order chi connectivity index (χ1) is 16.0. The SMILES string of the molecule is C=CC(=O)/C(O)=C1/C(=O)N(CCOC)CN(C2c3ccccc3CCc3ccccc32)N1C. The molecular formula is C26H29N3O4. The highest BCUT2D eigenvalue weighted by Crippen LogP contribution is 2.39. The van der Waals surface area contributed by atoms with Crippen LogP contribution in [0.5, 0.6) is 0 Å². The number of rotatable bonds is 6. The first kappa shape index (κ1) is 22.8. The number of hydrogen-bond donors (Lipinski definition) is 1. The van der Waals surface area contributed by atoms with Crippen LogP contribution in [0.15, 0.2) is 72.6 Å². The van der Waals surface area contributed by atoms with E-state index < -0.39 is 17.4 Å². The Morgan fingerprint density at radius 2 is 1.70 bits per heavy atom. The van der Waals surface area contributed by atoms with Gasteiger partial charge in [0.05, 0.1) is 19.3 Å². The molecule has 1 aliphatic heterocycles. The summed E-state index contributed by atoms with van der Waals surface area (Å²) in [7, 11) is 3.29. The second kappa shape index (κ2) is 9.60. The summed E-state index contributed by atoms with van der Waals surface area (Å²) in [5, 5.41) is 14.3. The van der Waals surface area contributed by atoms with Crippen molar-refractivity contribution in [2.24, 2.45) is 0 Å². The first-order valence-corrected chi connectivity index (χ1v) is 11.0. The summed E-state index contributed by atoms with van der Waals surface area (Å²) in [6.07, 6.45) is 2.84. The highest BCUT2D eigenvalue weighted by atomic mass is 16.5. The van der Waals surface area contributed by atoms with E-state index in [4.69, 9.17) is 4.74 Å². The van der Waals surface area contributed by atoms with E-state index in [0.717, 1.165) is 30.0 Å². The maximum atomic E-state index is 13.3. The van der Waals surface area contributed by atoms with E-state index >= 15 is 0 Å². The van der Waals surface area contributed by atoms with Gasteiger partial charge in [0.1, 0.15) is 0 Å². The van der Waals surface area contributed by atoms with Gasteiger partial charge in [-0.3, -0.25) is 14.6 Å². The smallest absolute Gasteiger partial charge is 0.276 e. The number of hydrazine groups is 1. The van der Waals surface area contributed by atoms with E-state index in [-0.39, 0.29) is 18.4 Å². The standard InChI is InChI=1S/C26H29N3O4/c1-4-22(30)25(31)24-26(32)28(15-16-33-3)17-29(27(24)2)23-20-11-7-5-9-18(20)13-14-19-10-6-8-12-21(19)23/h4-12,23,31H,1,13-17H2,2-3H3/b25-24+. The Bertz CT molecular complexity index is 1060. The summed E-state index contributed by atoms with van der Waals surface area (Å²) in [6, 6.07) is 16.4. The third-order valence-corrected chi connectivity index (χ3v) is 6.38. The van der Waals surface area contributed by atoms with Gasteiger partial charge >= 0.3 is 0 Å². The lowest BCUT2D eigenvalue weighted by Gasteiger charge is -2.47. The number of aliphatic hydroxyl groups is 1. The van der Waals surface area contributed by atoms with E-state index in [1.54, 1.807) is 24.1 Å². The van der Waals surface area contributed by atoms with Crippen molar-refractivity contribution in [3.8, 4) is 0 Å². The number of ether oxygens (including phenoxy) is 1. The quantitative estimate of drug-likeness (QED) is 0.542. The molecule has 2 aliphatic rings. The zero-order valence-corrected chi connectivity index (χ0v) is 19.0. The number of likely N-dealkylation sites (N-methyl/N-ethyl adjacent to an activating group) is 1. The Balaban J connectivity index is 1.89. The molecular weight excluding hydrogens is 418 g/mol. The number of nitrogens with zero attached hydrogens (tertiary/aromatic N) is 3. The zero-order valence-electron chi connectivity index (χ0n) is 19.0. The summed E-state index contributed by atoms with van der Waals surface area (Å²) in [5.41, 5.74) is 4.70. The van der Waals surface area contributed by atoms with Crippen molar-refractivity contribution in [3.05, 3.63) is 94.9 Å². The van der Waals surface area contributed by atoms with Gasteiger partial charge in [0.15, 0.2) is 11.5 Å². The Kier molecular flexibility index (Phi) is 6.62. The van der Waals surface area contributed by atoms with Crippen LogP contribution in [0.1, 0.15) is 28.3 Å². The zero-order chi connectivity index (χ0) is 23.5. The van der Waals surface area contributed by atoms with Crippen molar-refractivity contribution in [1.29, 1.82) is 0 Å². The minimum atomic E-state index is -0.694. The molecule has 4 rings (SSSR count). The number of aryl methyl sites for hydroxylation is 2. The molecule has 172 valence electrons. The van der Waals surface area contributed by atoms with Crippen molar-refractivity contribution in [3.63, 3.8) is 0 Å². The number of methoxy groups -OCH3 is 1. The maximum Gasteiger partial charge on any atom is 0.276 e. The number of allylic oxidation sites excluding steroid dienone is 1. The van der Waals surface area contributed by atoms with Gasteiger partial charge in [0.2, 0.25) is 5.78 Å². The van der Waals surface area contributed by atoms with Gasteiger partial charge in [0, 0.05) is 20.7 Å². The van der Waals surface area contributed by atoms with Crippen LogP contribution < -0.4 is 0 Å². The topological polar surface area (TPSA) is 73.3 Å². The largest absolute Gasteiger partial charge is 0.503 e. The van der Waals surface area contributed by atoms with Gasteiger partial charge in [-0.1, -0.05) is 55.1 Å². The number of amides is 1. The lowest BCUT2D eigenvalue weighted by molar-refractivity contribution is -0.153. The molecule has 0 radical (unpaired) electrons. The van der Waals surface area contributed by atoms with E-state index in [9.17, 15) is 14.7 Å². The molecule has 1 saturated heterocycles. The Morgan fingerprint density at radius 1 is 1.12 bits per heavy atom. The van der Waals surface area contributed by atoms with Crippen LogP contribution in [-0.4, -0.2) is 65.7 Å². The second-order valence-corrected chi connectivity index (χ2v) is 8.23. The Labute approximate surface area is 194 Å². The van der Waals surface area contributed by atoms with Gasteiger partial charge in [-0.05, 0) is 41.2 Å². The van der Waals surface area contributed by atoms with Crippen molar-refractivity contribution in [1.82, 2.24) is 14.9 Å². The van der Waals surface area contributed by atoms with Gasteiger partial charge in [-0.15, -0.1) is 0 Å². The molecule has 1 amide bonds. The van der Waals surface area contributed by atoms with E-state index in [0.29, 0.717) is 13.2 Å². The first-order valence-electron chi connectivity index (χ1n) is 11.0. The van der Waals surface area contributed by atoms with Crippen LogP contribution in [0.2, 0.25) is 0 Å². The molecule has 1 aliphatic carbocycles. The number of ketones is 1. The Hall–Kier alpha value is -3.42. The normalized spacial score (nSPS) is 18.4. The Morgan fingerprint density at radius 3 is 2.24 bits per heavy atom.